The van der Waals surface area contributed by atoms with E-state index in [0.717, 1.165) is 12.3 Å². The van der Waals surface area contributed by atoms with E-state index in [0.29, 0.717) is 6.61 Å². The number of amides is 1. The molecular formula is C8H16N2O2. The average molecular weight is 172 g/mol. The third kappa shape index (κ3) is 3.19. The fraction of sp³-hybridized carbons (Fsp3) is 0.875. The van der Waals surface area contributed by atoms with Gasteiger partial charge in [-0.1, -0.05) is 19.3 Å². The molecule has 1 amide bonds. The molecule has 1 aliphatic rings. The lowest BCUT2D eigenvalue weighted by molar-refractivity contribution is -0.125. The van der Waals surface area contributed by atoms with Crippen molar-refractivity contribution < 1.29 is 9.53 Å². The highest BCUT2D eigenvalue weighted by molar-refractivity contribution is 5.76. The lowest BCUT2D eigenvalue weighted by Crippen LogP contribution is -2.33. The Labute approximate surface area is 72.4 Å². The molecule has 1 rings (SSSR count). The van der Waals surface area contributed by atoms with Gasteiger partial charge in [-0.05, 0) is 12.3 Å². The molecule has 0 saturated heterocycles. The summed E-state index contributed by atoms with van der Waals surface area (Å²) in [6, 6.07) is 0. The SMILES string of the molecule is NNC(=O)COCCC1CCC1. The van der Waals surface area contributed by atoms with Crippen LogP contribution >= 0.6 is 0 Å². The summed E-state index contributed by atoms with van der Waals surface area (Å²) in [6.45, 7) is 0.765. The molecule has 4 nitrogen and oxygen atoms in total. The van der Waals surface area contributed by atoms with E-state index < -0.39 is 0 Å². The summed E-state index contributed by atoms with van der Waals surface area (Å²) in [5, 5.41) is 0. The third-order valence-electron chi connectivity index (χ3n) is 2.29. The van der Waals surface area contributed by atoms with Gasteiger partial charge in [0.15, 0.2) is 0 Å². The number of hydrogen-bond acceptors (Lipinski definition) is 3. The number of nitrogens with one attached hydrogen (secondary N) is 1. The van der Waals surface area contributed by atoms with Crippen molar-refractivity contribution in [2.24, 2.45) is 11.8 Å². The zero-order valence-electron chi connectivity index (χ0n) is 7.21. The minimum atomic E-state index is -0.261. The second-order valence-electron chi connectivity index (χ2n) is 3.21. The highest BCUT2D eigenvalue weighted by atomic mass is 16.5. The number of nitrogens with two attached hydrogens (primary N) is 1. The minimum absolute atomic E-state index is 0.0865. The smallest absolute Gasteiger partial charge is 0.259 e. The van der Waals surface area contributed by atoms with Crippen LogP contribution in [0.3, 0.4) is 0 Å². The lowest BCUT2D eigenvalue weighted by Gasteiger charge is -2.24. The molecule has 0 unspecified atom stereocenters. The first-order valence-electron chi connectivity index (χ1n) is 4.40. The number of carbonyl (C=O) groups excluding carboxylic acids is 1. The van der Waals surface area contributed by atoms with Crippen LogP contribution in [0.5, 0.6) is 0 Å². The monoisotopic (exact) mass is 172 g/mol. The molecule has 0 aromatic rings. The molecule has 0 aromatic carbocycles. The Balaban J connectivity index is 1.85. The van der Waals surface area contributed by atoms with E-state index in [1.165, 1.54) is 19.3 Å². The van der Waals surface area contributed by atoms with Gasteiger partial charge in [0.25, 0.3) is 5.91 Å². The molecule has 70 valence electrons. The van der Waals surface area contributed by atoms with E-state index in [1.54, 1.807) is 0 Å². The van der Waals surface area contributed by atoms with Gasteiger partial charge >= 0.3 is 0 Å². The quantitative estimate of drug-likeness (QED) is 0.269. The maximum Gasteiger partial charge on any atom is 0.259 e. The van der Waals surface area contributed by atoms with E-state index in [2.05, 4.69) is 0 Å². The van der Waals surface area contributed by atoms with Crippen LogP contribution in [0.25, 0.3) is 0 Å². The first-order valence-corrected chi connectivity index (χ1v) is 4.40. The van der Waals surface area contributed by atoms with E-state index in [1.807, 2.05) is 5.43 Å². The van der Waals surface area contributed by atoms with Crippen LogP contribution in [-0.4, -0.2) is 19.1 Å². The molecule has 1 aliphatic carbocycles. The lowest BCUT2D eigenvalue weighted by atomic mass is 9.83. The van der Waals surface area contributed by atoms with Crippen molar-refractivity contribution in [1.29, 1.82) is 0 Å². The van der Waals surface area contributed by atoms with Crippen LogP contribution in [0.4, 0.5) is 0 Å². The van der Waals surface area contributed by atoms with Gasteiger partial charge in [-0.25, -0.2) is 5.84 Å². The van der Waals surface area contributed by atoms with Crippen LogP contribution in [0.15, 0.2) is 0 Å². The summed E-state index contributed by atoms with van der Waals surface area (Å²) in [4.78, 5) is 10.6. The standard InChI is InChI=1S/C8H16N2O2/c9-10-8(11)6-12-5-4-7-2-1-3-7/h7H,1-6,9H2,(H,10,11). The number of ether oxygens (including phenoxy) is 1. The third-order valence-corrected chi connectivity index (χ3v) is 2.29. The van der Waals surface area contributed by atoms with Gasteiger partial charge in [0, 0.05) is 6.61 Å². The average Bonchev–Trinajstić information content (AvgIpc) is 2.00. The Morgan fingerprint density at radius 2 is 2.33 bits per heavy atom. The van der Waals surface area contributed by atoms with Gasteiger partial charge in [-0.2, -0.15) is 0 Å². The Bertz CT molecular complexity index is 146. The Kier molecular flexibility index (Phi) is 4.04. The molecule has 0 spiro atoms. The Hall–Kier alpha value is -0.610. The Morgan fingerprint density at radius 3 is 2.83 bits per heavy atom. The van der Waals surface area contributed by atoms with E-state index in [9.17, 15) is 4.79 Å². The molecule has 12 heavy (non-hydrogen) atoms. The molecule has 0 radical (unpaired) electrons. The van der Waals surface area contributed by atoms with Crippen molar-refractivity contribution in [2.45, 2.75) is 25.7 Å². The van der Waals surface area contributed by atoms with Gasteiger partial charge in [0.2, 0.25) is 0 Å². The summed E-state index contributed by atoms with van der Waals surface area (Å²) >= 11 is 0. The molecule has 0 aromatic heterocycles. The first kappa shape index (κ1) is 9.48. The summed E-state index contributed by atoms with van der Waals surface area (Å²) in [5.74, 6) is 5.45. The maximum absolute atomic E-state index is 10.6. The van der Waals surface area contributed by atoms with Crippen LogP contribution < -0.4 is 11.3 Å². The topological polar surface area (TPSA) is 64.3 Å². The van der Waals surface area contributed by atoms with Gasteiger partial charge in [-0.15, -0.1) is 0 Å². The van der Waals surface area contributed by atoms with E-state index in [-0.39, 0.29) is 12.5 Å². The second kappa shape index (κ2) is 5.11. The summed E-state index contributed by atoms with van der Waals surface area (Å²) in [5.41, 5.74) is 2.02. The highest BCUT2D eigenvalue weighted by Crippen LogP contribution is 2.28. The van der Waals surface area contributed by atoms with Crippen molar-refractivity contribution in [3.05, 3.63) is 0 Å². The molecular weight excluding hydrogens is 156 g/mol. The fourth-order valence-corrected chi connectivity index (χ4v) is 1.24. The largest absolute Gasteiger partial charge is 0.372 e. The fourth-order valence-electron chi connectivity index (χ4n) is 1.24. The normalized spacial score (nSPS) is 17.1. The maximum atomic E-state index is 10.6. The number of carbonyl (C=O) groups is 1. The summed E-state index contributed by atoms with van der Waals surface area (Å²) in [6.07, 6.45) is 5.09. The summed E-state index contributed by atoms with van der Waals surface area (Å²) in [7, 11) is 0. The first-order chi connectivity index (χ1) is 5.83. The number of rotatable bonds is 5. The molecule has 0 heterocycles. The van der Waals surface area contributed by atoms with Crippen molar-refractivity contribution >= 4 is 5.91 Å². The van der Waals surface area contributed by atoms with Gasteiger partial charge < -0.3 is 4.74 Å². The van der Waals surface area contributed by atoms with Crippen molar-refractivity contribution in [3.63, 3.8) is 0 Å². The van der Waals surface area contributed by atoms with Crippen LogP contribution in [0.2, 0.25) is 0 Å². The number of hydrogen-bond donors (Lipinski definition) is 2. The van der Waals surface area contributed by atoms with Crippen LogP contribution in [-0.2, 0) is 9.53 Å². The molecule has 1 saturated carbocycles. The second-order valence-corrected chi connectivity index (χ2v) is 3.21. The van der Waals surface area contributed by atoms with E-state index >= 15 is 0 Å². The zero-order valence-corrected chi connectivity index (χ0v) is 7.21. The highest BCUT2D eigenvalue weighted by Gasteiger charge is 2.16. The minimum Gasteiger partial charge on any atom is -0.372 e. The molecule has 0 bridgehead atoms. The molecule has 4 heteroatoms. The molecule has 3 N–H and O–H groups in total. The van der Waals surface area contributed by atoms with Gasteiger partial charge in [0.1, 0.15) is 6.61 Å². The number of hydrazine groups is 1. The zero-order chi connectivity index (χ0) is 8.81. The van der Waals surface area contributed by atoms with Gasteiger partial charge in [-0.3, -0.25) is 10.2 Å². The van der Waals surface area contributed by atoms with Crippen LogP contribution in [0, 0.1) is 5.92 Å². The van der Waals surface area contributed by atoms with E-state index in [4.69, 9.17) is 10.6 Å². The van der Waals surface area contributed by atoms with Crippen molar-refractivity contribution in [3.8, 4) is 0 Å². The molecule has 0 aliphatic heterocycles. The van der Waals surface area contributed by atoms with Crippen molar-refractivity contribution in [1.82, 2.24) is 5.43 Å². The van der Waals surface area contributed by atoms with Crippen molar-refractivity contribution in [2.75, 3.05) is 13.2 Å². The Morgan fingerprint density at radius 1 is 1.58 bits per heavy atom. The van der Waals surface area contributed by atoms with Gasteiger partial charge in [0.05, 0.1) is 0 Å². The predicted molar refractivity (Wildman–Crippen MR) is 45.1 cm³/mol. The summed E-state index contributed by atoms with van der Waals surface area (Å²) < 4.78 is 5.10. The van der Waals surface area contributed by atoms with Crippen LogP contribution in [0.1, 0.15) is 25.7 Å². The molecule has 1 fully saturated rings. The predicted octanol–water partition coefficient (Wildman–Crippen LogP) is 0.183. The molecule has 0 atom stereocenters.